The molecule has 8 nitrogen and oxygen atoms in total. The van der Waals surface area contributed by atoms with Gasteiger partial charge < -0.3 is 19.9 Å². The molecule has 0 aromatic heterocycles. The van der Waals surface area contributed by atoms with E-state index in [1.165, 1.54) is 19.3 Å². The number of thioether (sulfide) groups is 1. The van der Waals surface area contributed by atoms with Crippen LogP contribution in [0.15, 0.2) is 24.3 Å². The van der Waals surface area contributed by atoms with Gasteiger partial charge in [0.05, 0.1) is 11.4 Å². The summed E-state index contributed by atoms with van der Waals surface area (Å²) in [5.74, 6) is -0.369. The van der Waals surface area contributed by atoms with Gasteiger partial charge >= 0.3 is 0 Å². The number of fused-ring (bicyclic) bond motifs is 1. The smallest absolute Gasteiger partial charge is 0.252 e. The average molecular weight is 527 g/mol. The molecule has 2 amide bonds. The van der Waals surface area contributed by atoms with Crippen molar-refractivity contribution in [3.05, 3.63) is 29.8 Å². The van der Waals surface area contributed by atoms with Crippen molar-refractivity contribution in [1.82, 2.24) is 15.1 Å². The molecule has 0 spiro atoms. The van der Waals surface area contributed by atoms with E-state index in [1.807, 2.05) is 30.5 Å². The van der Waals surface area contributed by atoms with Crippen molar-refractivity contribution in [1.29, 1.82) is 0 Å². The fraction of sp³-hybridized carbons (Fsp3) is 0.679. The number of carbonyl (C=O) groups excluding carboxylic acids is 3. The quantitative estimate of drug-likeness (QED) is 0.609. The number of Topliss-reactive ketones (excluding diaryl/α,β-unsaturated/α-hetero) is 1. The summed E-state index contributed by atoms with van der Waals surface area (Å²) in [4.78, 5) is 46.6. The highest BCUT2D eigenvalue weighted by Gasteiger charge is 2.56. The molecule has 3 atom stereocenters. The van der Waals surface area contributed by atoms with Gasteiger partial charge in [0.15, 0.2) is 5.78 Å². The first-order valence-electron chi connectivity index (χ1n) is 13.9. The van der Waals surface area contributed by atoms with Crippen molar-refractivity contribution >= 4 is 35.0 Å². The number of benzene rings is 1. The van der Waals surface area contributed by atoms with Gasteiger partial charge in [-0.2, -0.15) is 11.8 Å². The van der Waals surface area contributed by atoms with Gasteiger partial charge in [-0.3, -0.25) is 19.3 Å². The van der Waals surface area contributed by atoms with E-state index in [4.69, 9.17) is 4.74 Å². The van der Waals surface area contributed by atoms with Gasteiger partial charge in [0.1, 0.15) is 18.2 Å². The van der Waals surface area contributed by atoms with Crippen molar-refractivity contribution in [3.8, 4) is 0 Å². The van der Waals surface area contributed by atoms with E-state index >= 15 is 0 Å². The summed E-state index contributed by atoms with van der Waals surface area (Å²) in [6.07, 6.45) is 8.78. The van der Waals surface area contributed by atoms with Gasteiger partial charge in [-0.15, -0.1) is 0 Å². The van der Waals surface area contributed by atoms with Crippen LogP contribution in [0.3, 0.4) is 0 Å². The standard InChI is InChI=1S/C28H38N4O4S/c1-37-23-17-32(24-22(33)18-36-25(23)24)27(35)28(11-2-3-12-28)29-26(34)19-7-9-21(10-8-19)31-15-13-30(14-16-31)20-5-4-6-20/h7-10,20,23-25H,2-6,11-18H2,1H3,(H,29,34)/t23-,24+,25+/m0/s1. The molecule has 9 heteroatoms. The lowest BCUT2D eigenvalue weighted by molar-refractivity contribution is -0.141. The molecule has 200 valence electrons. The van der Waals surface area contributed by atoms with E-state index in [2.05, 4.69) is 15.1 Å². The minimum absolute atomic E-state index is 0.0292. The maximum Gasteiger partial charge on any atom is 0.252 e. The van der Waals surface area contributed by atoms with Gasteiger partial charge in [-0.1, -0.05) is 19.3 Å². The summed E-state index contributed by atoms with van der Waals surface area (Å²) in [7, 11) is 0. The van der Waals surface area contributed by atoms with E-state index in [0.29, 0.717) is 24.9 Å². The highest BCUT2D eigenvalue weighted by molar-refractivity contribution is 7.99. The number of hydrogen-bond donors (Lipinski definition) is 1. The lowest BCUT2D eigenvalue weighted by Gasteiger charge is -2.43. The van der Waals surface area contributed by atoms with Gasteiger partial charge in [-0.05, 0) is 56.2 Å². The van der Waals surface area contributed by atoms with E-state index in [-0.39, 0.29) is 35.6 Å². The zero-order valence-electron chi connectivity index (χ0n) is 21.7. The molecular formula is C28H38N4O4S. The number of nitrogens with one attached hydrogen (secondary N) is 1. The summed E-state index contributed by atoms with van der Waals surface area (Å²) in [6, 6.07) is 8.07. The van der Waals surface area contributed by atoms with E-state index < -0.39 is 11.6 Å². The molecule has 5 fully saturated rings. The average Bonchev–Trinajstić information content (AvgIpc) is 3.61. The van der Waals surface area contributed by atoms with E-state index in [0.717, 1.165) is 50.7 Å². The molecule has 1 aromatic rings. The fourth-order valence-electron chi connectivity index (χ4n) is 6.89. The number of amides is 2. The molecule has 6 rings (SSSR count). The summed E-state index contributed by atoms with van der Waals surface area (Å²) < 4.78 is 5.75. The van der Waals surface area contributed by atoms with Crippen LogP contribution < -0.4 is 10.2 Å². The molecule has 0 radical (unpaired) electrons. The largest absolute Gasteiger partial charge is 0.369 e. The monoisotopic (exact) mass is 526 g/mol. The summed E-state index contributed by atoms with van der Waals surface area (Å²) in [5, 5.41) is 3.21. The van der Waals surface area contributed by atoms with Crippen LogP contribution in [0.25, 0.3) is 0 Å². The van der Waals surface area contributed by atoms with Crippen molar-refractivity contribution in [2.45, 2.75) is 73.9 Å². The molecule has 2 aliphatic carbocycles. The highest BCUT2D eigenvalue weighted by Crippen LogP contribution is 2.39. The van der Waals surface area contributed by atoms with E-state index in [9.17, 15) is 14.4 Å². The van der Waals surface area contributed by atoms with Gasteiger partial charge in [0.2, 0.25) is 5.91 Å². The van der Waals surface area contributed by atoms with Gasteiger partial charge in [-0.25, -0.2) is 0 Å². The van der Waals surface area contributed by atoms with Crippen LogP contribution in [0.5, 0.6) is 0 Å². The van der Waals surface area contributed by atoms with Crippen molar-refractivity contribution < 1.29 is 19.1 Å². The Labute approximate surface area is 223 Å². The number of likely N-dealkylation sites (tertiary alicyclic amines) is 1. The Balaban J connectivity index is 1.12. The van der Waals surface area contributed by atoms with Crippen LogP contribution in [0.2, 0.25) is 0 Å². The molecule has 1 N–H and O–H groups in total. The second-order valence-electron chi connectivity index (χ2n) is 11.3. The van der Waals surface area contributed by atoms with Crippen LogP contribution >= 0.6 is 11.8 Å². The molecule has 3 aliphatic heterocycles. The van der Waals surface area contributed by atoms with Crippen LogP contribution in [0.1, 0.15) is 55.3 Å². The van der Waals surface area contributed by atoms with Crippen LogP contribution in [0.4, 0.5) is 5.69 Å². The zero-order chi connectivity index (χ0) is 25.6. The second-order valence-corrected chi connectivity index (χ2v) is 12.4. The Bertz CT molecular complexity index is 1030. The van der Waals surface area contributed by atoms with Crippen molar-refractivity contribution in [2.75, 3.05) is 50.5 Å². The normalized spacial score (nSPS) is 29.9. The molecule has 37 heavy (non-hydrogen) atoms. The third kappa shape index (κ3) is 4.57. The molecule has 3 heterocycles. The zero-order valence-corrected chi connectivity index (χ0v) is 22.5. The number of ether oxygens (including phenoxy) is 1. The lowest BCUT2D eigenvalue weighted by Crippen LogP contribution is -2.60. The maximum atomic E-state index is 13.9. The third-order valence-electron chi connectivity index (χ3n) is 9.32. The van der Waals surface area contributed by atoms with Crippen LogP contribution in [-0.2, 0) is 14.3 Å². The Morgan fingerprint density at radius 3 is 2.35 bits per heavy atom. The summed E-state index contributed by atoms with van der Waals surface area (Å²) in [5.41, 5.74) is 0.758. The molecule has 5 aliphatic rings. The third-order valence-corrected chi connectivity index (χ3v) is 10.3. The highest BCUT2D eigenvalue weighted by atomic mass is 32.2. The van der Waals surface area contributed by atoms with Crippen LogP contribution in [0, 0.1) is 0 Å². The SMILES string of the molecule is CS[C@H]1CN(C(=O)C2(NC(=O)c3ccc(N4CCN(C5CCC5)CC4)cc3)CCCC2)[C@@H]2C(=O)CO[C@H]12. The maximum absolute atomic E-state index is 13.9. The predicted molar refractivity (Wildman–Crippen MR) is 144 cm³/mol. The number of ketones is 1. The minimum Gasteiger partial charge on any atom is -0.369 e. The summed E-state index contributed by atoms with van der Waals surface area (Å²) in [6.45, 7) is 4.77. The van der Waals surface area contributed by atoms with Gasteiger partial charge in [0.25, 0.3) is 5.91 Å². The lowest BCUT2D eigenvalue weighted by atomic mass is 9.91. The Morgan fingerprint density at radius 2 is 1.73 bits per heavy atom. The first-order chi connectivity index (χ1) is 18.0. The Kier molecular flexibility index (Phi) is 6.96. The Morgan fingerprint density at radius 1 is 1.03 bits per heavy atom. The number of piperazine rings is 1. The minimum atomic E-state index is -0.950. The number of carbonyl (C=O) groups is 3. The van der Waals surface area contributed by atoms with Crippen molar-refractivity contribution in [2.24, 2.45) is 0 Å². The van der Waals surface area contributed by atoms with E-state index in [1.54, 1.807) is 16.7 Å². The number of anilines is 1. The molecular weight excluding hydrogens is 488 g/mol. The second kappa shape index (κ2) is 10.2. The number of hydrogen-bond acceptors (Lipinski definition) is 7. The first kappa shape index (κ1) is 25.2. The number of rotatable bonds is 6. The molecule has 0 unspecified atom stereocenters. The molecule has 3 saturated heterocycles. The molecule has 1 aromatic carbocycles. The number of nitrogens with zero attached hydrogens (tertiary/aromatic N) is 3. The topological polar surface area (TPSA) is 82.2 Å². The molecule has 2 saturated carbocycles. The Hall–Kier alpha value is -2.10. The van der Waals surface area contributed by atoms with Crippen molar-refractivity contribution in [3.63, 3.8) is 0 Å². The van der Waals surface area contributed by atoms with Crippen LogP contribution in [-0.4, -0.2) is 102 Å². The predicted octanol–water partition coefficient (Wildman–Crippen LogP) is 2.31. The van der Waals surface area contributed by atoms with Gasteiger partial charge in [0, 0.05) is 50.0 Å². The summed E-state index contributed by atoms with van der Waals surface area (Å²) >= 11 is 1.64. The molecule has 0 bridgehead atoms. The first-order valence-corrected chi connectivity index (χ1v) is 15.2. The fourth-order valence-corrected chi connectivity index (χ4v) is 7.69.